The molecule has 0 spiro atoms. The number of anilines is 1. The first kappa shape index (κ1) is 12.4. The molecule has 0 saturated heterocycles. The number of hydrogen-bond acceptors (Lipinski definition) is 4. The van der Waals surface area contributed by atoms with Gasteiger partial charge in [0.15, 0.2) is 5.58 Å². The highest BCUT2D eigenvalue weighted by atomic mass is 16.4. The monoisotopic (exact) mass is 248 g/mol. The molecule has 0 radical (unpaired) electrons. The topological polar surface area (TPSA) is 66.6 Å². The van der Waals surface area contributed by atoms with Crippen LogP contribution in [0.5, 0.6) is 0 Å². The van der Waals surface area contributed by atoms with Gasteiger partial charge in [0.25, 0.3) is 6.01 Å². The molecule has 0 aliphatic carbocycles. The molecule has 0 unspecified atom stereocenters. The molecule has 1 N–H and O–H groups in total. The van der Waals surface area contributed by atoms with Crippen LogP contribution in [0.1, 0.15) is 17.5 Å². The number of benzene rings is 1. The fraction of sp³-hybridized carbons (Fsp3) is 0.385. The second-order valence-electron chi connectivity index (χ2n) is 4.49. The van der Waals surface area contributed by atoms with Crippen molar-refractivity contribution in [3.05, 3.63) is 23.3 Å². The first-order valence-corrected chi connectivity index (χ1v) is 5.78. The Labute approximate surface area is 105 Å². The van der Waals surface area contributed by atoms with E-state index >= 15 is 0 Å². The summed E-state index contributed by atoms with van der Waals surface area (Å²) in [5.74, 6) is -0.829. The number of aliphatic carboxylic acids is 1. The normalized spacial score (nSPS) is 10.8. The number of carbonyl (C=O) groups is 1. The van der Waals surface area contributed by atoms with Crippen LogP contribution in [0.4, 0.5) is 6.01 Å². The lowest BCUT2D eigenvalue weighted by molar-refractivity contribution is -0.136. The number of fused-ring (bicyclic) bond motifs is 1. The minimum atomic E-state index is -0.829. The first-order chi connectivity index (χ1) is 8.47. The molecule has 5 heteroatoms. The first-order valence-electron chi connectivity index (χ1n) is 5.78. The summed E-state index contributed by atoms with van der Waals surface area (Å²) in [6.07, 6.45) is 0.0627. The van der Waals surface area contributed by atoms with Gasteiger partial charge >= 0.3 is 5.97 Å². The minimum Gasteiger partial charge on any atom is -0.481 e. The van der Waals surface area contributed by atoms with Gasteiger partial charge in [0.05, 0.1) is 6.42 Å². The Morgan fingerprint density at radius 1 is 1.44 bits per heavy atom. The van der Waals surface area contributed by atoms with Gasteiger partial charge in [-0.15, -0.1) is 0 Å². The van der Waals surface area contributed by atoms with E-state index in [0.717, 1.165) is 22.2 Å². The van der Waals surface area contributed by atoms with Crippen LogP contribution in [-0.2, 0) is 4.79 Å². The number of nitrogens with zero attached hydrogens (tertiary/aromatic N) is 2. The zero-order valence-electron chi connectivity index (χ0n) is 10.7. The Morgan fingerprint density at radius 2 is 2.17 bits per heavy atom. The smallest absolute Gasteiger partial charge is 0.305 e. The average molecular weight is 248 g/mol. The van der Waals surface area contributed by atoms with E-state index in [1.807, 2.05) is 26.0 Å². The van der Waals surface area contributed by atoms with Gasteiger partial charge in [-0.1, -0.05) is 6.07 Å². The number of carboxylic acid groups (broad SMARTS) is 1. The quantitative estimate of drug-likeness (QED) is 0.899. The lowest BCUT2D eigenvalue weighted by Crippen LogP contribution is -2.21. The largest absolute Gasteiger partial charge is 0.481 e. The van der Waals surface area contributed by atoms with Gasteiger partial charge in [-0.2, -0.15) is 4.98 Å². The summed E-state index contributed by atoms with van der Waals surface area (Å²) in [4.78, 5) is 16.6. The van der Waals surface area contributed by atoms with Gasteiger partial charge < -0.3 is 14.4 Å². The molecule has 2 rings (SSSR count). The molecule has 0 saturated carbocycles. The van der Waals surface area contributed by atoms with Crippen molar-refractivity contribution in [1.29, 1.82) is 0 Å². The minimum absolute atomic E-state index is 0.0627. The van der Waals surface area contributed by atoms with E-state index in [2.05, 4.69) is 4.98 Å². The summed E-state index contributed by atoms with van der Waals surface area (Å²) in [7, 11) is 1.77. The van der Waals surface area contributed by atoms with E-state index in [0.29, 0.717) is 12.6 Å². The van der Waals surface area contributed by atoms with Crippen molar-refractivity contribution < 1.29 is 14.3 Å². The maximum atomic E-state index is 10.5. The molecule has 0 aliphatic rings. The fourth-order valence-corrected chi connectivity index (χ4v) is 1.89. The van der Waals surface area contributed by atoms with Crippen molar-refractivity contribution >= 4 is 23.1 Å². The molecule has 1 aromatic carbocycles. The third kappa shape index (κ3) is 2.45. The molecule has 5 nitrogen and oxygen atoms in total. The maximum Gasteiger partial charge on any atom is 0.305 e. The van der Waals surface area contributed by atoms with Crippen LogP contribution in [0.25, 0.3) is 11.1 Å². The molecular formula is C13H16N2O3. The highest BCUT2D eigenvalue weighted by Crippen LogP contribution is 2.25. The molecule has 0 fully saturated rings. The number of aromatic nitrogens is 1. The molecule has 0 aliphatic heterocycles. The van der Waals surface area contributed by atoms with Gasteiger partial charge in [0.1, 0.15) is 5.52 Å². The lowest BCUT2D eigenvalue weighted by atomic mass is 10.1. The Hall–Kier alpha value is -2.04. The van der Waals surface area contributed by atoms with Crippen molar-refractivity contribution in [2.75, 3.05) is 18.5 Å². The van der Waals surface area contributed by atoms with Gasteiger partial charge in [0.2, 0.25) is 0 Å². The second-order valence-corrected chi connectivity index (χ2v) is 4.49. The standard InChI is InChI=1S/C13H16N2O3/c1-8-6-9(2)12-10(7-8)14-13(18-12)15(3)5-4-11(16)17/h6-7H,4-5H2,1-3H3,(H,16,17). The molecule has 2 aromatic rings. The lowest BCUT2D eigenvalue weighted by Gasteiger charge is -2.11. The Morgan fingerprint density at radius 3 is 2.83 bits per heavy atom. The predicted molar refractivity (Wildman–Crippen MR) is 69.0 cm³/mol. The van der Waals surface area contributed by atoms with Crippen LogP contribution in [0, 0.1) is 13.8 Å². The zero-order valence-corrected chi connectivity index (χ0v) is 10.7. The van der Waals surface area contributed by atoms with E-state index in [1.165, 1.54) is 0 Å². The molecular weight excluding hydrogens is 232 g/mol. The summed E-state index contributed by atoms with van der Waals surface area (Å²) in [5, 5.41) is 8.65. The van der Waals surface area contributed by atoms with Crippen LogP contribution in [0.3, 0.4) is 0 Å². The molecule has 1 heterocycles. The average Bonchev–Trinajstić information content (AvgIpc) is 2.69. The second kappa shape index (κ2) is 4.68. The van der Waals surface area contributed by atoms with E-state index in [4.69, 9.17) is 9.52 Å². The summed E-state index contributed by atoms with van der Waals surface area (Å²) >= 11 is 0. The summed E-state index contributed by atoms with van der Waals surface area (Å²) < 4.78 is 5.67. The van der Waals surface area contributed by atoms with Gasteiger partial charge in [-0.05, 0) is 31.0 Å². The van der Waals surface area contributed by atoms with E-state index < -0.39 is 5.97 Å². The van der Waals surface area contributed by atoms with E-state index in [1.54, 1.807) is 11.9 Å². The fourth-order valence-electron chi connectivity index (χ4n) is 1.89. The van der Waals surface area contributed by atoms with E-state index in [-0.39, 0.29) is 6.42 Å². The van der Waals surface area contributed by atoms with Gasteiger partial charge in [-0.3, -0.25) is 4.79 Å². The van der Waals surface area contributed by atoms with Crippen LogP contribution in [0.2, 0.25) is 0 Å². The molecule has 1 aromatic heterocycles. The van der Waals surface area contributed by atoms with Crippen LogP contribution in [-0.4, -0.2) is 29.7 Å². The summed E-state index contributed by atoms with van der Waals surface area (Å²) in [6.45, 7) is 4.36. The predicted octanol–water partition coefficient (Wildman–Crippen LogP) is 2.36. The van der Waals surface area contributed by atoms with Crippen LogP contribution in [0.15, 0.2) is 16.5 Å². The third-order valence-corrected chi connectivity index (χ3v) is 2.80. The maximum absolute atomic E-state index is 10.5. The third-order valence-electron chi connectivity index (χ3n) is 2.80. The highest BCUT2D eigenvalue weighted by Gasteiger charge is 2.13. The molecule has 0 bridgehead atoms. The molecule has 18 heavy (non-hydrogen) atoms. The van der Waals surface area contributed by atoms with Crippen molar-refractivity contribution in [2.45, 2.75) is 20.3 Å². The highest BCUT2D eigenvalue weighted by molar-refractivity contribution is 5.79. The number of carboxylic acids is 1. The van der Waals surface area contributed by atoms with Crippen molar-refractivity contribution in [2.24, 2.45) is 0 Å². The van der Waals surface area contributed by atoms with Crippen LogP contribution >= 0.6 is 0 Å². The SMILES string of the molecule is Cc1cc(C)c2oc(N(C)CCC(=O)O)nc2c1. The van der Waals surface area contributed by atoms with Crippen molar-refractivity contribution in [3.63, 3.8) is 0 Å². The zero-order chi connectivity index (χ0) is 13.3. The molecule has 0 amide bonds. The summed E-state index contributed by atoms with van der Waals surface area (Å²) in [6, 6.07) is 4.45. The van der Waals surface area contributed by atoms with E-state index in [9.17, 15) is 4.79 Å². The van der Waals surface area contributed by atoms with Crippen molar-refractivity contribution in [1.82, 2.24) is 4.98 Å². The van der Waals surface area contributed by atoms with Gasteiger partial charge in [0, 0.05) is 13.6 Å². The Bertz CT molecular complexity index is 589. The summed E-state index contributed by atoms with van der Waals surface area (Å²) in [5.41, 5.74) is 3.74. The van der Waals surface area contributed by atoms with Crippen molar-refractivity contribution in [3.8, 4) is 0 Å². The molecule has 0 atom stereocenters. The molecule has 96 valence electrons. The van der Waals surface area contributed by atoms with Crippen LogP contribution < -0.4 is 4.90 Å². The Balaban J connectivity index is 2.29. The number of hydrogen-bond donors (Lipinski definition) is 1. The number of oxazole rings is 1. The number of aryl methyl sites for hydroxylation is 2. The Kier molecular flexibility index (Phi) is 3.23. The van der Waals surface area contributed by atoms with Gasteiger partial charge in [-0.25, -0.2) is 0 Å². The number of rotatable bonds is 4.